The Kier molecular flexibility index (Phi) is 3.65. The lowest BCUT2D eigenvalue weighted by atomic mass is 10.1. The van der Waals surface area contributed by atoms with Gasteiger partial charge in [0.25, 0.3) is 11.8 Å². The summed E-state index contributed by atoms with van der Waals surface area (Å²) in [5.41, 5.74) is 0.718. The third-order valence-electron chi connectivity index (χ3n) is 2.06. The minimum Gasteiger partial charge on any atom is -0.288 e. The van der Waals surface area contributed by atoms with E-state index in [1.165, 1.54) is 0 Å². The van der Waals surface area contributed by atoms with Crippen LogP contribution in [0.5, 0.6) is 0 Å². The third-order valence-corrected chi connectivity index (χ3v) is 2.06. The summed E-state index contributed by atoms with van der Waals surface area (Å²) in [5, 5.41) is 3.33. The number of amides is 2. The molecule has 0 spiro atoms. The van der Waals surface area contributed by atoms with E-state index < -0.39 is 10.4 Å². The van der Waals surface area contributed by atoms with Crippen molar-refractivity contribution < 1.29 is 27.1 Å². The monoisotopic (exact) mass is 271 g/mol. The lowest BCUT2D eigenvalue weighted by molar-refractivity contribution is 0.0879. The van der Waals surface area contributed by atoms with E-state index >= 15 is 0 Å². The number of fused-ring (bicyclic) bond motifs is 1. The highest BCUT2D eigenvalue weighted by molar-refractivity contribution is 7.79. The number of hydrogen-bond acceptors (Lipinski definition) is 4. The summed E-state index contributed by atoms with van der Waals surface area (Å²) in [6.45, 7) is 7.35. The molecule has 0 radical (unpaired) electrons. The van der Waals surface area contributed by atoms with Crippen molar-refractivity contribution >= 4 is 35.4 Å². The van der Waals surface area contributed by atoms with Crippen molar-refractivity contribution in [3.05, 3.63) is 33.7 Å². The fraction of sp³-hybridized carbons (Fsp3) is 0. The average Bonchev–Trinajstić information content (AvgIpc) is 2.46. The van der Waals surface area contributed by atoms with Gasteiger partial charge in [-0.05, 0) is 10.4 Å². The zero-order chi connectivity index (χ0) is 14.1. The first-order valence-corrected chi connectivity index (χ1v) is 5.87. The molecule has 0 fully saturated rings. The molecule has 0 saturated carbocycles. The number of benzene rings is 1. The van der Waals surface area contributed by atoms with Crippen molar-refractivity contribution in [2.45, 2.75) is 0 Å². The van der Waals surface area contributed by atoms with Crippen LogP contribution in [-0.2, 0) is 10.4 Å². The minimum atomic E-state index is -4.67. The Morgan fingerprint density at radius 1 is 0.944 bits per heavy atom. The van der Waals surface area contributed by atoms with E-state index in [4.69, 9.17) is 17.5 Å². The second-order valence-electron chi connectivity index (χ2n) is 3.36. The van der Waals surface area contributed by atoms with Crippen LogP contribution in [0.3, 0.4) is 0 Å². The zero-order valence-electron chi connectivity index (χ0n) is 9.00. The first-order valence-electron chi connectivity index (χ1n) is 4.47. The molecule has 1 aromatic rings. The van der Waals surface area contributed by atoms with Gasteiger partial charge >= 0.3 is 10.4 Å². The standard InChI is InChI=1S/C10H7NO2.H2O4S/c1-5-3-4-6(2)8-7(5)9(12)11-10(8)13;1-5(2,3)4/h3-4H,1-2H2,(H,11,12,13);(H2,1,2,3,4). The largest absolute Gasteiger partial charge is 0.394 e. The molecular weight excluding hydrogens is 262 g/mol. The number of carbonyl (C=O) groups is 2. The SMILES string of the molecule is C=c1ccc(=C)c2c1C(=O)NC2=O.O=S(=O)(O)O. The predicted molar refractivity (Wildman–Crippen MR) is 62.7 cm³/mol. The second kappa shape index (κ2) is 4.69. The summed E-state index contributed by atoms with van der Waals surface area (Å²) in [7, 11) is -4.67. The Labute approximate surface area is 102 Å². The van der Waals surface area contributed by atoms with Crippen LogP contribution in [-0.4, -0.2) is 29.3 Å². The van der Waals surface area contributed by atoms with Crippen LogP contribution in [0.15, 0.2) is 12.1 Å². The minimum absolute atomic E-state index is 0.359. The Bertz CT molecular complexity index is 666. The number of nitrogens with one attached hydrogen (secondary N) is 1. The first kappa shape index (κ1) is 14.0. The number of imide groups is 1. The van der Waals surface area contributed by atoms with Gasteiger partial charge in [0, 0.05) is 0 Å². The highest BCUT2D eigenvalue weighted by Gasteiger charge is 2.27. The molecule has 18 heavy (non-hydrogen) atoms. The molecule has 1 aliphatic heterocycles. The summed E-state index contributed by atoms with van der Waals surface area (Å²) >= 11 is 0. The maximum absolute atomic E-state index is 11.2. The molecule has 1 heterocycles. The van der Waals surface area contributed by atoms with Crippen LogP contribution < -0.4 is 15.8 Å². The molecule has 3 N–H and O–H groups in total. The molecule has 0 atom stereocenters. The van der Waals surface area contributed by atoms with E-state index in [9.17, 15) is 9.59 Å². The second-order valence-corrected chi connectivity index (χ2v) is 4.26. The van der Waals surface area contributed by atoms with Crippen molar-refractivity contribution in [2.75, 3.05) is 0 Å². The molecule has 0 unspecified atom stereocenters. The number of hydrogen-bond donors (Lipinski definition) is 3. The van der Waals surface area contributed by atoms with E-state index in [1.807, 2.05) is 0 Å². The van der Waals surface area contributed by atoms with E-state index in [-0.39, 0.29) is 11.8 Å². The fourth-order valence-corrected chi connectivity index (χ4v) is 1.44. The lowest BCUT2D eigenvalue weighted by Gasteiger charge is -1.94. The number of carbonyl (C=O) groups excluding carboxylic acids is 2. The van der Waals surface area contributed by atoms with Gasteiger partial charge in [-0.3, -0.25) is 24.0 Å². The number of rotatable bonds is 0. The topological polar surface area (TPSA) is 121 Å². The summed E-state index contributed by atoms with van der Waals surface area (Å²) in [5.74, 6) is -0.758. The molecule has 0 saturated heterocycles. The molecule has 8 heteroatoms. The van der Waals surface area contributed by atoms with Crippen molar-refractivity contribution in [3.8, 4) is 0 Å². The Morgan fingerprint density at radius 3 is 1.50 bits per heavy atom. The van der Waals surface area contributed by atoms with Gasteiger partial charge in [0.2, 0.25) is 0 Å². The van der Waals surface area contributed by atoms with Gasteiger partial charge in [-0.1, -0.05) is 25.3 Å². The smallest absolute Gasteiger partial charge is 0.288 e. The Balaban J connectivity index is 0.000000280. The first-order chi connectivity index (χ1) is 8.11. The van der Waals surface area contributed by atoms with Gasteiger partial charge in [0.15, 0.2) is 0 Å². The molecular formula is C10H9NO6S. The molecule has 96 valence electrons. The molecule has 0 aromatic heterocycles. The van der Waals surface area contributed by atoms with Crippen LogP contribution in [0.2, 0.25) is 0 Å². The van der Waals surface area contributed by atoms with E-state index in [2.05, 4.69) is 18.5 Å². The van der Waals surface area contributed by atoms with Crippen LogP contribution >= 0.6 is 0 Å². The van der Waals surface area contributed by atoms with Crippen molar-refractivity contribution in [1.82, 2.24) is 5.32 Å². The molecule has 7 nitrogen and oxygen atoms in total. The maximum atomic E-state index is 11.2. The third kappa shape index (κ3) is 3.23. The average molecular weight is 271 g/mol. The van der Waals surface area contributed by atoms with Crippen LogP contribution in [0.4, 0.5) is 0 Å². The maximum Gasteiger partial charge on any atom is 0.394 e. The molecule has 2 rings (SSSR count). The highest BCUT2D eigenvalue weighted by atomic mass is 32.3. The van der Waals surface area contributed by atoms with Gasteiger partial charge in [-0.15, -0.1) is 0 Å². The molecule has 2 amide bonds. The molecule has 0 aliphatic carbocycles. The summed E-state index contributed by atoms with van der Waals surface area (Å²) in [6.07, 6.45) is 0. The normalized spacial score (nSPS) is 13.4. The van der Waals surface area contributed by atoms with Crippen molar-refractivity contribution in [3.63, 3.8) is 0 Å². The zero-order valence-corrected chi connectivity index (χ0v) is 9.82. The lowest BCUT2D eigenvalue weighted by Crippen LogP contribution is -2.22. The van der Waals surface area contributed by atoms with Gasteiger partial charge in [-0.2, -0.15) is 8.42 Å². The van der Waals surface area contributed by atoms with Crippen LogP contribution in [0, 0.1) is 0 Å². The molecule has 1 aliphatic rings. The van der Waals surface area contributed by atoms with Gasteiger partial charge in [0.05, 0.1) is 11.1 Å². The quantitative estimate of drug-likeness (QED) is 0.400. The van der Waals surface area contributed by atoms with Gasteiger partial charge in [-0.25, -0.2) is 0 Å². The van der Waals surface area contributed by atoms with Gasteiger partial charge in [0.1, 0.15) is 0 Å². The molecule has 1 aromatic carbocycles. The van der Waals surface area contributed by atoms with Crippen LogP contribution in [0.1, 0.15) is 20.7 Å². The van der Waals surface area contributed by atoms with E-state index in [0.29, 0.717) is 21.6 Å². The highest BCUT2D eigenvalue weighted by Crippen LogP contribution is 2.05. The summed E-state index contributed by atoms with van der Waals surface area (Å²) in [4.78, 5) is 22.5. The Hall–Kier alpha value is -2.03. The van der Waals surface area contributed by atoms with E-state index in [0.717, 1.165) is 0 Å². The summed E-state index contributed by atoms with van der Waals surface area (Å²) in [6, 6.07) is 3.36. The summed E-state index contributed by atoms with van der Waals surface area (Å²) < 4.78 is 31.6. The van der Waals surface area contributed by atoms with Crippen molar-refractivity contribution in [1.29, 1.82) is 0 Å². The van der Waals surface area contributed by atoms with Crippen LogP contribution in [0.25, 0.3) is 13.2 Å². The Morgan fingerprint density at radius 2 is 1.22 bits per heavy atom. The van der Waals surface area contributed by atoms with Crippen molar-refractivity contribution in [2.24, 2.45) is 0 Å². The fourth-order valence-electron chi connectivity index (χ4n) is 1.44. The van der Waals surface area contributed by atoms with Gasteiger partial charge < -0.3 is 0 Å². The predicted octanol–water partition coefficient (Wildman–Crippen LogP) is -1.26. The molecule has 0 bridgehead atoms. The van der Waals surface area contributed by atoms with E-state index in [1.54, 1.807) is 12.1 Å².